The molecule has 2 heterocycles. The largest absolute Gasteiger partial charge is 0.507 e. The lowest BCUT2D eigenvalue weighted by molar-refractivity contribution is -0.384. The quantitative estimate of drug-likeness (QED) is 0.242. The van der Waals surface area contributed by atoms with Crippen LogP contribution in [0.3, 0.4) is 0 Å². The maximum atomic E-state index is 13.9. The summed E-state index contributed by atoms with van der Waals surface area (Å²) in [6, 6.07) is 7.69. The zero-order valence-corrected chi connectivity index (χ0v) is 22.6. The number of thiazole rings is 1. The molecule has 0 amide bonds. The Hall–Kier alpha value is -4.45. The van der Waals surface area contributed by atoms with Gasteiger partial charge in [0.2, 0.25) is 0 Å². The maximum absolute atomic E-state index is 13.9. The molecular formula is C27H27N3O8S. The summed E-state index contributed by atoms with van der Waals surface area (Å²) in [6.07, 6.45) is 2.51. The van der Waals surface area contributed by atoms with Gasteiger partial charge in [0.25, 0.3) is 11.2 Å². The highest BCUT2D eigenvalue weighted by Gasteiger charge is 2.36. The number of rotatable bonds is 9. The molecule has 39 heavy (non-hydrogen) atoms. The Morgan fingerprint density at radius 2 is 1.97 bits per heavy atom. The highest BCUT2D eigenvalue weighted by atomic mass is 32.1. The highest BCUT2D eigenvalue weighted by Crippen LogP contribution is 2.38. The second-order valence-electron chi connectivity index (χ2n) is 8.52. The van der Waals surface area contributed by atoms with Crippen molar-refractivity contribution in [1.29, 1.82) is 0 Å². The third-order valence-corrected chi connectivity index (χ3v) is 7.12. The van der Waals surface area contributed by atoms with Gasteiger partial charge in [0.05, 0.1) is 41.6 Å². The number of nitro groups is 1. The number of hydrogen-bond acceptors (Lipinski definition) is 10. The average Bonchev–Trinajstić information content (AvgIpc) is 3.23. The number of fused-ring (bicyclic) bond motifs is 1. The Bertz CT molecular complexity index is 1650. The summed E-state index contributed by atoms with van der Waals surface area (Å²) in [7, 11) is 2.99. The number of nitrogens with zero attached hydrogens (tertiary/aromatic N) is 3. The van der Waals surface area contributed by atoms with E-state index in [1.807, 2.05) is 6.92 Å². The number of methoxy groups -OCH3 is 2. The molecule has 0 radical (unpaired) electrons. The van der Waals surface area contributed by atoms with Gasteiger partial charge in [-0.1, -0.05) is 24.7 Å². The maximum Gasteiger partial charge on any atom is 0.338 e. The molecule has 3 aromatic rings. The normalized spacial score (nSPS) is 15.0. The average molecular weight is 554 g/mol. The van der Waals surface area contributed by atoms with E-state index >= 15 is 0 Å². The van der Waals surface area contributed by atoms with E-state index in [0.717, 1.165) is 11.3 Å². The topological polar surface area (TPSA) is 142 Å². The molecule has 1 aromatic heterocycles. The van der Waals surface area contributed by atoms with Crippen LogP contribution in [0, 0.1) is 10.1 Å². The Morgan fingerprint density at radius 3 is 2.62 bits per heavy atom. The second kappa shape index (κ2) is 11.5. The first-order chi connectivity index (χ1) is 18.7. The molecule has 0 fully saturated rings. The van der Waals surface area contributed by atoms with Gasteiger partial charge in [0.15, 0.2) is 4.80 Å². The third kappa shape index (κ3) is 5.28. The summed E-state index contributed by atoms with van der Waals surface area (Å²) in [5.41, 5.74) is 0.550. The van der Waals surface area contributed by atoms with Crippen molar-refractivity contribution in [2.24, 2.45) is 4.99 Å². The summed E-state index contributed by atoms with van der Waals surface area (Å²) in [6.45, 7) is 3.77. The van der Waals surface area contributed by atoms with E-state index in [2.05, 4.69) is 4.99 Å². The number of allylic oxidation sites excluding steroid dienone is 1. The molecule has 0 aliphatic carbocycles. The number of benzene rings is 2. The second-order valence-corrected chi connectivity index (χ2v) is 9.53. The van der Waals surface area contributed by atoms with Crippen molar-refractivity contribution in [2.75, 3.05) is 20.8 Å². The van der Waals surface area contributed by atoms with E-state index in [9.17, 15) is 24.8 Å². The van der Waals surface area contributed by atoms with Crippen LogP contribution >= 0.6 is 11.3 Å². The summed E-state index contributed by atoms with van der Waals surface area (Å²) in [4.78, 5) is 42.9. The van der Waals surface area contributed by atoms with Gasteiger partial charge < -0.3 is 19.3 Å². The van der Waals surface area contributed by atoms with Crippen LogP contribution in [0.5, 0.6) is 17.2 Å². The molecule has 0 unspecified atom stereocenters. The number of hydrogen-bond donors (Lipinski definition) is 1. The van der Waals surface area contributed by atoms with Crippen LogP contribution in [0.1, 0.15) is 43.9 Å². The van der Waals surface area contributed by atoms with E-state index in [1.54, 1.807) is 25.1 Å². The number of carbonyl (C=O) groups is 1. The summed E-state index contributed by atoms with van der Waals surface area (Å²) < 4.78 is 18.0. The molecule has 12 heteroatoms. The van der Waals surface area contributed by atoms with Crippen LogP contribution in [-0.2, 0) is 9.53 Å². The van der Waals surface area contributed by atoms with Gasteiger partial charge in [0, 0.05) is 23.3 Å². The lowest BCUT2D eigenvalue weighted by Crippen LogP contribution is -2.40. The van der Waals surface area contributed by atoms with Gasteiger partial charge in [-0.3, -0.25) is 19.5 Å². The fourth-order valence-corrected chi connectivity index (χ4v) is 5.39. The number of ether oxygens (including phenoxy) is 3. The zero-order valence-electron chi connectivity index (χ0n) is 21.8. The minimum atomic E-state index is -0.951. The monoisotopic (exact) mass is 553 g/mol. The summed E-state index contributed by atoms with van der Waals surface area (Å²) in [5, 5.41) is 21.6. The zero-order chi connectivity index (χ0) is 28.3. The standard InChI is InChI=1S/C27H27N3O8S/c1-5-7-19-23(26(33)38-6-2)24(18-14-17(36-3)9-11-21(18)37-4)29-25(32)22(39-27(29)28-19)13-15-12-16(30(34)35)8-10-20(15)31/h8-14,24,31H,5-7H2,1-4H3/b22-13-/t24-/m0/s1. The SMILES string of the molecule is CCCC1=C(C(=O)OCC)[C@H](c2cc(OC)ccc2OC)n2c(s/c(=C\c3cc([N+](=O)[O-])ccc3O)c2=O)=N1. The first-order valence-electron chi connectivity index (χ1n) is 12.1. The van der Waals surface area contributed by atoms with Crippen molar-refractivity contribution in [1.82, 2.24) is 4.57 Å². The fourth-order valence-electron chi connectivity index (χ4n) is 4.38. The van der Waals surface area contributed by atoms with Gasteiger partial charge in [0.1, 0.15) is 23.3 Å². The Kier molecular flexibility index (Phi) is 8.15. The molecular weight excluding hydrogens is 526 g/mol. The minimum Gasteiger partial charge on any atom is -0.507 e. The molecule has 0 saturated heterocycles. The molecule has 0 saturated carbocycles. The molecule has 0 spiro atoms. The predicted octanol–water partition coefficient (Wildman–Crippen LogP) is 3.21. The summed E-state index contributed by atoms with van der Waals surface area (Å²) >= 11 is 1.05. The molecule has 2 aromatic carbocycles. The molecule has 1 aliphatic rings. The smallest absolute Gasteiger partial charge is 0.338 e. The van der Waals surface area contributed by atoms with Crippen molar-refractivity contribution < 1.29 is 29.0 Å². The minimum absolute atomic E-state index is 0.100. The summed E-state index contributed by atoms with van der Waals surface area (Å²) in [5.74, 6) is 0.0828. The molecule has 4 rings (SSSR count). The van der Waals surface area contributed by atoms with Gasteiger partial charge in [-0.2, -0.15) is 0 Å². The van der Waals surface area contributed by atoms with E-state index in [4.69, 9.17) is 14.2 Å². The van der Waals surface area contributed by atoms with E-state index < -0.39 is 22.5 Å². The number of non-ortho nitro benzene ring substituents is 1. The molecule has 0 bridgehead atoms. The third-order valence-electron chi connectivity index (χ3n) is 6.13. The first kappa shape index (κ1) is 27.6. The Morgan fingerprint density at radius 1 is 1.21 bits per heavy atom. The number of carbonyl (C=O) groups excluding carboxylic acids is 1. The molecule has 11 nitrogen and oxygen atoms in total. The van der Waals surface area contributed by atoms with Crippen molar-refractivity contribution >= 4 is 29.1 Å². The van der Waals surface area contributed by atoms with Crippen LogP contribution < -0.4 is 24.4 Å². The van der Waals surface area contributed by atoms with Crippen LogP contribution in [0.15, 0.2) is 57.5 Å². The van der Waals surface area contributed by atoms with Crippen molar-refractivity contribution in [3.63, 3.8) is 0 Å². The van der Waals surface area contributed by atoms with E-state index in [1.165, 1.54) is 43.1 Å². The van der Waals surface area contributed by atoms with Crippen LogP contribution in [0.25, 0.3) is 6.08 Å². The van der Waals surface area contributed by atoms with Crippen molar-refractivity contribution in [3.05, 3.63) is 88.6 Å². The lowest BCUT2D eigenvalue weighted by Gasteiger charge is -2.27. The number of phenolic OH excluding ortho intramolecular Hbond substituents is 1. The number of phenols is 1. The predicted molar refractivity (Wildman–Crippen MR) is 144 cm³/mol. The number of nitro benzene ring substituents is 1. The fraction of sp³-hybridized carbons (Fsp3) is 0.296. The van der Waals surface area contributed by atoms with Crippen molar-refractivity contribution in [2.45, 2.75) is 32.7 Å². The van der Waals surface area contributed by atoms with Crippen LogP contribution in [-0.4, -0.2) is 41.4 Å². The van der Waals surface area contributed by atoms with E-state index in [-0.39, 0.29) is 33.7 Å². The van der Waals surface area contributed by atoms with Gasteiger partial charge >= 0.3 is 5.97 Å². The first-order valence-corrected chi connectivity index (χ1v) is 13.0. The molecule has 1 aliphatic heterocycles. The Balaban J connectivity index is 2.07. The van der Waals surface area contributed by atoms with Gasteiger partial charge in [-0.25, -0.2) is 9.79 Å². The molecule has 1 N–H and O–H groups in total. The lowest BCUT2D eigenvalue weighted by atomic mass is 9.93. The highest BCUT2D eigenvalue weighted by molar-refractivity contribution is 7.07. The number of esters is 1. The molecule has 204 valence electrons. The Labute approximate surface area is 227 Å². The number of aromatic nitrogens is 1. The van der Waals surface area contributed by atoms with Gasteiger partial charge in [-0.15, -0.1) is 0 Å². The van der Waals surface area contributed by atoms with Crippen LogP contribution in [0.2, 0.25) is 0 Å². The van der Waals surface area contributed by atoms with Crippen LogP contribution in [0.4, 0.5) is 5.69 Å². The van der Waals surface area contributed by atoms with Crippen molar-refractivity contribution in [3.8, 4) is 17.2 Å². The van der Waals surface area contributed by atoms with Gasteiger partial charge in [-0.05, 0) is 43.7 Å². The molecule has 1 atom stereocenters. The number of aromatic hydroxyl groups is 1. The van der Waals surface area contributed by atoms with E-state index in [0.29, 0.717) is 40.4 Å².